The van der Waals surface area contributed by atoms with E-state index in [9.17, 15) is 14.9 Å². The Kier molecular flexibility index (Phi) is 4.97. The zero-order chi connectivity index (χ0) is 19.0. The summed E-state index contributed by atoms with van der Waals surface area (Å²) in [5.74, 6) is -0.386. The van der Waals surface area contributed by atoms with E-state index in [1.54, 1.807) is 4.40 Å². The third kappa shape index (κ3) is 3.30. The molecule has 0 unspecified atom stereocenters. The number of nitro groups is 1. The summed E-state index contributed by atoms with van der Waals surface area (Å²) >= 11 is 9.55. The van der Waals surface area contributed by atoms with Gasteiger partial charge in [0.15, 0.2) is 5.65 Å². The lowest BCUT2D eigenvalue weighted by Gasteiger charge is -2.09. The van der Waals surface area contributed by atoms with Gasteiger partial charge >= 0.3 is 0 Å². The highest BCUT2D eigenvalue weighted by molar-refractivity contribution is 9.10. The highest BCUT2D eigenvalue weighted by Gasteiger charge is 2.21. The van der Waals surface area contributed by atoms with E-state index >= 15 is 0 Å². The first-order chi connectivity index (χ1) is 12.3. The average Bonchev–Trinajstić information content (AvgIpc) is 2.95. The summed E-state index contributed by atoms with van der Waals surface area (Å²) in [6, 6.07) is 5.83. The van der Waals surface area contributed by atoms with Crippen molar-refractivity contribution in [1.82, 2.24) is 9.38 Å². The molecule has 0 fully saturated rings. The number of rotatable bonds is 4. The van der Waals surface area contributed by atoms with Gasteiger partial charge in [-0.1, -0.05) is 18.5 Å². The maximum atomic E-state index is 12.9. The van der Waals surface area contributed by atoms with E-state index in [1.807, 2.05) is 26.1 Å². The molecule has 0 spiro atoms. The molecule has 0 radical (unpaired) electrons. The second-order valence-corrected chi connectivity index (χ2v) is 6.96. The van der Waals surface area contributed by atoms with Gasteiger partial charge in [0.2, 0.25) is 0 Å². The van der Waals surface area contributed by atoms with Crippen LogP contribution in [0.25, 0.3) is 5.65 Å². The Morgan fingerprint density at radius 3 is 2.77 bits per heavy atom. The molecule has 0 aliphatic rings. The number of nitrogens with one attached hydrogen (secondary N) is 1. The number of carbonyl (C=O) groups excluding carboxylic acids is 1. The Bertz CT molecular complexity index is 1050. The topological polar surface area (TPSA) is 89.5 Å². The molecule has 2 heterocycles. The molecule has 0 saturated heterocycles. The van der Waals surface area contributed by atoms with Crippen molar-refractivity contribution in [2.24, 2.45) is 0 Å². The highest BCUT2D eigenvalue weighted by Crippen LogP contribution is 2.28. The van der Waals surface area contributed by atoms with Gasteiger partial charge in [0.25, 0.3) is 11.6 Å². The first kappa shape index (κ1) is 18.3. The molecule has 7 nitrogen and oxygen atoms in total. The molecule has 2 aromatic heterocycles. The third-order valence-electron chi connectivity index (χ3n) is 3.85. The Morgan fingerprint density at radius 1 is 1.42 bits per heavy atom. The van der Waals surface area contributed by atoms with Gasteiger partial charge in [-0.05, 0) is 47.0 Å². The molecule has 26 heavy (non-hydrogen) atoms. The van der Waals surface area contributed by atoms with Crippen molar-refractivity contribution in [2.75, 3.05) is 5.32 Å². The first-order valence-corrected chi connectivity index (χ1v) is 8.91. The zero-order valence-electron chi connectivity index (χ0n) is 13.9. The minimum atomic E-state index is -0.544. The number of nitrogens with zero attached hydrogens (tertiary/aromatic N) is 3. The van der Waals surface area contributed by atoms with Crippen LogP contribution in [0.15, 0.2) is 34.9 Å². The predicted octanol–water partition coefficient (Wildman–Crippen LogP) is 4.78. The fourth-order valence-corrected chi connectivity index (χ4v) is 3.53. The number of fused-ring (bicyclic) bond motifs is 1. The van der Waals surface area contributed by atoms with Crippen molar-refractivity contribution >= 4 is 50.5 Å². The van der Waals surface area contributed by atoms with Crippen LogP contribution in [0.1, 0.15) is 28.7 Å². The fourth-order valence-electron chi connectivity index (χ4n) is 2.67. The average molecular weight is 438 g/mol. The van der Waals surface area contributed by atoms with E-state index in [2.05, 4.69) is 26.2 Å². The van der Waals surface area contributed by atoms with E-state index in [4.69, 9.17) is 11.6 Å². The second kappa shape index (κ2) is 7.05. The number of non-ortho nitro benzene ring substituents is 1. The smallest absolute Gasteiger partial charge is 0.274 e. The number of hydrogen-bond acceptors (Lipinski definition) is 4. The van der Waals surface area contributed by atoms with Crippen LogP contribution in [0.3, 0.4) is 0 Å². The quantitative estimate of drug-likeness (QED) is 0.470. The maximum Gasteiger partial charge on any atom is 0.274 e. The zero-order valence-corrected chi connectivity index (χ0v) is 16.3. The number of aromatic nitrogens is 2. The molecule has 0 aliphatic heterocycles. The predicted molar refractivity (Wildman–Crippen MR) is 103 cm³/mol. The van der Waals surface area contributed by atoms with Crippen LogP contribution in [-0.2, 0) is 6.42 Å². The lowest BCUT2D eigenvalue weighted by Crippen LogP contribution is -2.16. The Hall–Kier alpha value is -2.45. The standard InChI is InChI=1S/C17H14BrClN4O3/c1-3-13-15(22-8-9(2)6-11(18)16(22)20-13)17(24)21-14-5-4-10(23(25)26)7-12(14)19/h4-8H,3H2,1-2H3,(H,21,24). The van der Waals surface area contributed by atoms with E-state index in [0.29, 0.717) is 29.1 Å². The molecule has 0 aliphatic carbocycles. The normalized spacial score (nSPS) is 10.9. The van der Waals surface area contributed by atoms with Crippen molar-refractivity contribution in [3.8, 4) is 0 Å². The van der Waals surface area contributed by atoms with Crippen molar-refractivity contribution in [2.45, 2.75) is 20.3 Å². The number of aryl methyl sites for hydroxylation is 2. The van der Waals surface area contributed by atoms with E-state index < -0.39 is 4.92 Å². The van der Waals surface area contributed by atoms with Gasteiger partial charge < -0.3 is 5.32 Å². The van der Waals surface area contributed by atoms with Gasteiger partial charge in [-0.2, -0.15) is 0 Å². The summed E-state index contributed by atoms with van der Waals surface area (Å²) in [6.45, 7) is 3.84. The third-order valence-corrected chi connectivity index (χ3v) is 4.74. The van der Waals surface area contributed by atoms with Gasteiger partial charge in [0.1, 0.15) is 5.69 Å². The number of halogens is 2. The molecular formula is C17H14BrClN4O3. The number of carbonyl (C=O) groups is 1. The number of pyridine rings is 1. The van der Waals surface area contributed by atoms with Crippen LogP contribution >= 0.6 is 27.5 Å². The molecule has 1 N–H and O–H groups in total. The summed E-state index contributed by atoms with van der Waals surface area (Å²) in [4.78, 5) is 27.7. The second-order valence-electron chi connectivity index (χ2n) is 5.70. The molecule has 1 amide bonds. The van der Waals surface area contributed by atoms with Gasteiger partial charge in [0.05, 0.1) is 25.8 Å². The summed E-state index contributed by atoms with van der Waals surface area (Å²) in [6.07, 6.45) is 2.41. The number of benzene rings is 1. The largest absolute Gasteiger partial charge is 0.319 e. The monoisotopic (exact) mass is 436 g/mol. The molecule has 3 rings (SSSR count). The number of imidazole rings is 1. The Labute approximate surface area is 162 Å². The Morgan fingerprint density at radius 2 is 2.15 bits per heavy atom. The summed E-state index contributed by atoms with van der Waals surface area (Å²) in [5.41, 5.74) is 2.81. The summed E-state index contributed by atoms with van der Waals surface area (Å²) in [7, 11) is 0. The molecule has 134 valence electrons. The van der Waals surface area contributed by atoms with Gasteiger partial charge in [-0.3, -0.25) is 19.3 Å². The van der Waals surface area contributed by atoms with Crippen LogP contribution in [0.5, 0.6) is 0 Å². The molecule has 1 aromatic carbocycles. The van der Waals surface area contributed by atoms with Gasteiger partial charge in [-0.15, -0.1) is 0 Å². The SMILES string of the molecule is CCc1nc2c(Br)cc(C)cn2c1C(=O)Nc1ccc([N+](=O)[O-])cc1Cl. The summed E-state index contributed by atoms with van der Waals surface area (Å²) < 4.78 is 2.52. The number of nitro benzene ring substituents is 1. The van der Waals surface area contributed by atoms with Crippen molar-refractivity contribution in [1.29, 1.82) is 0 Å². The Balaban J connectivity index is 2.04. The first-order valence-electron chi connectivity index (χ1n) is 7.74. The molecule has 9 heteroatoms. The molecule has 3 aromatic rings. The van der Waals surface area contributed by atoms with E-state index in [1.165, 1.54) is 18.2 Å². The van der Waals surface area contributed by atoms with Crippen LogP contribution in [0, 0.1) is 17.0 Å². The van der Waals surface area contributed by atoms with E-state index in [-0.39, 0.29) is 16.6 Å². The number of hydrogen-bond donors (Lipinski definition) is 1. The minimum absolute atomic E-state index is 0.0942. The van der Waals surface area contributed by atoms with Gasteiger partial charge in [-0.25, -0.2) is 4.98 Å². The number of anilines is 1. The lowest BCUT2D eigenvalue weighted by molar-refractivity contribution is -0.384. The maximum absolute atomic E-state index is 12.9. The van der Waals surface area contributed by atoms with E-state index in [0.717, 1.165) is 10.0 Å². The van der Waals surface area contributed by atoms with Gasteiger partial charge in [0, 0.05) is 18.3 Å². The highest BCUT2D eigenvalue weighted by atomic mass is 79.9. The molecule has 0 bridgehead atoms. The number of amides is 1. The van der Waals surface area contributed by atoms with Crippen LogP contribution in [0.2, 0.25) is 5.02 Å². The van der Waals surface area contributed by atoms with Crippen molar-refractivity contribution in [3.05, 3.63) is 67.0 Å². The fraction of sp³-hybridized carbons (Fsp3) is 0.176. The van der Waals surface area contributed by atoms with Crippen LogP contribution in [0.4, 0.5) is 11.4 Å². The van der Waals surface area contributed by atoms with Crippen LogP contribution in [-0.4, -0.2) is 20.2 Å². The van der Waals surface area contributed by atoms with Crippen molar-refractivity contribution in [3.63, 3.8) is 0 Å². The van der Waals surface area contributed by atoms with Crippen LogP contribution < -0.4 is 5.32 Å². The minimum Gasteiger partial charge on any atom is -0.319 e. The molecule has 0 atom stereocenters. The van der Waals surface area contributed by atoms with Crippen molar-refractivity contribution < 1.29 is 9.72 Å². The molecular weight excluding hydrogens is 424 g/mol. The molecule has 0 saturated carbocycles. The lowest BCUT2D eigenvalue weighted by atomic mass is 10.2. The summed E-state index contributed by atoms with van der Waals surface area (Å²) in [5, 5.41) is 13.6.